The van der Waals surface area contributed by atoms with Gasteiger partial charge in [0.25, 0.3) is 5.91 Å². The van der Waals surface area contributed by atoms with Gasteiger partial charge in [0.1, 0.15) is 6.54 Å². The van der Waals surface area contributed by atoms with Crippen LogP contribution in [-0.2, 0) is 14.3 Å². The lowest BCUT2D eigenvalue weighted by molar-refractivity contribution is -0.166. The van der Waals surface area contributed by atoms with Crippen LogP contribution < -0.4 is 5.73 Å². The second-order valence-electron chi connectivity index (χ2n) is 3.33. The van der Waals surface area contributed by atoms with Crippen molar-refractivity contribution in [3.05, 3.63) is 0 Å². The Hall–Kier alpha value is -1.35. The molecule has 0 bridgehead atoms. The number of carbonyl (C=O) groups is 2. The van der Waals surface area contributed by atoms with E-state index in [1.807, 2.05) is 0 Å². The van der Waals surface area contributed by atoms with Crippen LogP contribution in [0.1, 0.15) is 6.92 Å². The molecular formula is C9H15F3N2O4. The Kier molecular flexibility index (Phi) is 6.63. The zero-order chi connectivity index (χ0) is 14.3. The Morgan fingerprint density at radius 2 is 2.00 bits per heavy atom. The van der Waals surface area contributed by atoms with Crippen molar-refractivity contribution in [2.45, 2.75) is 19.1 Å². The van der Waals surface area contributed by atoms with Gasteiger partial charge >= 0.3 is 12.1 Å². The number of amides is 1. The molecule has 0 saturated heterocycles. The van der Waals surface area contributed by atoms with Crippen molar-refractivity contribution >= 4 is 11.9 Å². The maximum absolute atomic E-state index is 12.2. The molecule has 0 aromatic carbocycles. The number of rotatable bonds is 6. The summed E-state index contributed by atoms with van der Waals surface area (Å²) in [5, 5.41) is 8.59. The first-order valence-electron chi connectivity index (χ1n) is 5.11. The Bertz CT molecular complexity index is 296. The molecule has 9 heteroatoms. The minimum Gasteiger partial charge on any atom is -0.464 e. The lowest BCUT2D eigenvalue weighted by atomic mass is 10.2. The molecule has 0 aliphatic heterocycles. The molecule has 6 nitrogen and oxygen atoms in total. The van der Waals surface area contributed by atoms with E-state index in [1.54, 1.807) is 0 Å². The van der Waals surface area contributed by atoms with E-state index in [2.05, 4.69) is 4.74 Å². The van der Waals surface area contributed by atoms with E-state index in [-0.39, 0.29) is 11.5 Å². The van der Waals surface area contributed by atoms with Gasteiger partial charge in [-0.15, -0.1) is 0 Å². The quantitative estimate of drug-likeness (QED) is 0.491. The summed E-state index contributed by atoms with van der Waals surface area (Å²) in [6.45, 7) is -1.39. The van der Waals surface area contributed by atoms with Crippen LogP contribution in [0, 0.1) is 0 Å². The molecule has 0 aliphatic rings. The number of nitrogens with two attached hydrogens (primary N) is 1. The first kappa shape index (κ1) is 16.6. The summed E-state index contributed by atoms with van der Waals surface area (Å²) in [6, 6.07) is -1.82. The number of alkyl halides is 3. The van der Waals surface area contributed by atoms with Gasteiger partial charge in [0.2, 0.25) is 0 Å². The third-order valence-corrected chi connectivity index (χ3v) is 1.86. The summed E-state index contributed by atoms with van der Waals surface area (Å²) in [6.07, 6.45) is -4.64. The monoisotopic (exact) mass is 272 g/mol. The van der Waals surface area contributed by atoms with Crippen molar-refractivity contribution in [3.8, 4) is 0 Å². The predicted molar refractivity (Wildman–Crippen MR) is 54.3 cm³/mol. The third kappa shape index (κ3) is 5.82. The molecule has 0 rings (SSSR count). The largest absolute Gasteiger partial charge is 0.464 e. The normalized spacial score (nSPS) is 13.0. The summed E-state index contributed by atoms with van der Waals surface area (Å²) in [7, 11) is 0. The lowest BCUT2D eigenvalue weighted by Gasteiger charge is -2.25. The zero-order valence-electron chi connectivity index (χ0n) is 9.74. The van der Waals surface area contributed by atoms with Crippen LogP contribution in [-0.4, -0.2) is 60.4 Å². The van der Waals surface area contributed by atoms with Gasteiger partial charge in [-0.3, -0.25) is 4.79 Å². The molecule has 1 unspecified atom stereocenters. The molecule has 18 heavy (non-hydrogen) atoms. The van der Waals surface area contributed by atoms with Crippen molar-refractivity contribution < 1.29 is 32.6 Å². The van der Waals surface area contributed by atoms with Crippen LogP contribution in [0.15, 0.2) is 0 Å². The van der Waals surface area contributed by atoms with Crippen LogP contribution in [0.5, 0.6) is 0 Å². The van der Waals surface area contributed by atoms with Crippen LogP contribution in [0.25, 0.3) is 0 Å². The van der Waals surface area contributed by atoms with E-state index in [0.717, 1.165) is 0 Å². The fraction of sp³-hybridized carbons (Fsp3) is 0.778. The second-order valence-corrected chi connectivity index (χ2v) is 3.33. The number of aliphatic hydroxyl groups is 1. The van der Waals surface area contributed by atoms with E-state index in [1.165, 1.54) is 6.92 Å². The molecule has 0 aliphatic carbocycles. The number of aliphatic hydroxyl groups excluding tert-OH is 1. The average molecular weight is 272 g/mol. The number of nitrogens with zero attached hydrogens (tertiary/aromatic N) is 1. The highest BCUT2D eigenvalue weighted by atomic mass is 19.4. The van der Waals surface area contributed by atoms with Crippen molar-refractivity contribution in [2.24, 2.45) is 5.73 Å². The fourth-order valence-electron chi connectivity index (χ4n) is 1.13. The molecule has 3 N–H and O–H groups in total. The van der Waals surface area contributed by atoms with Gasteiger partial charge in [0.05, 0.1) is 13.2 Å². The molecule has 0 aromatic heterocycles. The molecule has 0 aromatic rings. The zero-order valence-corrected chi connectivity index (χ0v) is 9.74. The number of hydrogen-bond donors (Lipinski definition) is 2. The van der Waals surface area contributed by atoms with E-state index in [4.69, 9.17) is 10.8 Å². The SMILES string of the molecule is CCOC(=O)C(N)C(=O)N(CCO)CC(F)(F)F. The van der Waals surface area contributed by atoms with E-state index in [0.29, 0.717) is 0 Å². The fourth-order valence-corrected chi connectivity index (χ4v) is 1.13. The number of hydrogen-bond acceptors (Lipinski definition) is 5. The molecule has 1 atom stereocenters. The van der Waals surface area contributed by atoms with E-state index < -0.39 is 43.8 Å². The Balaban J connectivity index is 4.69. The van der Waals surface area contributed by atoms with Crippen molar-refractivity contribution in [3.63, 3.8) is 0 Å². The Labute approximate surface area is 101 Å². The number of esters is 1. The maximum atomic E-state index is 12.2. The van der Waals surface area contributed by atoms with Crippen molar-refractivity contribution in [1.82, 2.24) is 4.90 Å². The molecule has 1 amide bonds. The van der Waals surface area contributed by atoms with Gasteiger partial charge in [-0.2, -0.15) is 13.2 Å². The van der Waals surface area contributed by atoms with Crippen LogP contribution in [0.4, 0.5) is 13.2 Å². The first-order chi connectivity index (χ1) is 8.22. The van der Waals surface area contributed by atoms with Gasteiger partial charge in [0.15, 0.2) is 6.04 Å². The van der Waals surface area contributed by atoms with Gasteiger partial charge in [-0.05, 0) is 6.92 Å². The van der Waals surface area contributed by atoms with Crippen LogP contribution in [0.3, 0.4) is 0 Å². The van der Waals surface area contributed by atoms with Gasteiger partial charge < -0.3 is 20.5 Å². The smallest absolute Gasteiger partial charge is 0.406 e. The van der Waals surface area contributed by atoms with Gasteiger partial charge in [-0.25, -0.2) is 4.79 Å². The summed E-state index contributed by atoms with van der Waals surface area (Å²) in [4.78, 5) is 22.9. The number of ether oxygens (including phenoxy) is 1. The Morgan fingerprint density at radius 3 is 2.39 bits per heavy atom. The maximum Gasteiger partial charge on any atom is 0.406 e. The molecule has 106 valence electrons. The minimum atomic E-state index is -4.64. The number of halogens is 3. The number of carbonyl (C=O) groups excluding carboxylic acids is 2. The van der Waals surface area contributed by atoms with Crippen LogP contribution >= 0.6 is 0 Å². The summed E-state index contributed by atoms with van der Waals surface area (Å²) >= 11 is 0. The Morgan fingerprint density at radius 1 is 1.44 bits per heavy atom. The third-order valence-electron chi connectivity index (χ3n) is 1.86. The standard InChI is InChI=1S/C9H15F3N2O4/c1-2-18-8(17)6(13)7(16)14(3-4-15)5-9(10,11)12/h6,15H,2-5,13H2,1H3. The lowest BCUT2D eigenvalue weighted by Crippen LogP contribution is -2.52. The predicted octanol–water partition coefficient (Wildman–Crippen LogP) is -0.740. The summed E-state index contributed by atoms with van der Waals surface area (Å²) < 4.78 is 40.9. The first-order valence-corrected chi connectivity index (χ1v) is 5.11. The van der Waals surface area contributed by atoms with Crippen molar-refractivity contribution in [2.75, 3.05) is 26.3 Å². The highest BCUT2D eigenvalue weighted by molar-refractivity contribution is 6.01. The van der Waals surface area contributed by atoms with Gasteiger partial charge in [-0.1, -0.05) is 0 Å². The summed E-state index contributed by atoms with van der Waals surface area (Å²) in [5.41, 5.74) is 5.18. The highest BCUT2D eigenvalue weighted by Crippen LogP contribution is 2.16. The topological polar surface area (TPSA) is 92.9 Å². The molecular weight excluding hydrogens is 257 g/mol. The molecule has 0 fully saturated rings. The minimum absolute atomic E-state index is 0.0426. The summed E-state index contributed by atoms with van der Waals surface area (Å²) in [5.74, 6) is -2.34. The van der Waals surface area contributed by atoms with Gasteiger partial charge in [0, 0.05) is 6.54 Å². The molecule has 0 heterocycles. The second kappa shape index (κ2) is 7.17. The molecule has 0 radical (unpaired) electrons. The van der Waals surface area contributed by atoms with E-state index >= 15 is 0 Å². The highest BCUT2D eigenvalue weighted by Gasteiger charge is 2.36. The van der Waals surface area contributed by atoms with Crippen molar-refractivity contribution in [1.29, 1.82) is 0 Å². The molecule has 0 saturated carbocycles. The van der Waals surface area contributed by atoms with Crippen LogP contribution in [0.2, 0.25) is 0 Å². The average Bonchev–Trinajstić information content (AvgIpc) is 2.25. The molecule has 0 spiro atoms. The van der Waals surface area contributed by atoms with E-state index in [9.17, 15) is 22.8 Å².